The predicted octanol–water partition coefficient (Wildman–Crippen LogP) is 2.59. The number of rotatable bonds is 9. The average Bonchev–Trinajstić information content (AvgIpc) is 3.10. The number of benzene rings is 1. The second-order valence-corrected chi connectivity index (χ2v) is 8.40. The van der Waals surface area contributed by atoms with Crippen LogP contribution in [0.3, 0.4) is 0 Å². The highest BCUT2D eigenvalue weighted by Crippen LogP contribution is 2.27. The summed E-state index contributed by atoms with van der Waals surface area (Å²) in [6.45, 7) is 3.68. The molecule has 0 radical (unpaired) electrons. The third kappa shape index (κ3) is 5.20. The molecule has 4 rings (SSSR count). The van der Waals surface area contributed by atoms with Gasteiger partial charge in [-0.05, 0) is 44.2 Å². The Hall–Kier alpha value is -3.44. The maximum atomic E-state index is 12.9. The number of anilines is 2. The molecule has 1 aliphatic heterocycles. The van der Waals surface area contributed by atoms with Crippen molar-refractivity contribution in [3.8, 4) is 5.75 Å². The number of hydroxylamine groups is 1. The first kappa shape index (κ1) is 23.7. The lowest BCUT2D eigenvalue weighted by Gasteiger charge is -2.22. The molecular formula is C23H30N6O5. The van der Waals surface area contributed by atoms with Crippen molar-refractivity contribution in [2.45, 2.75) is 45.1 Å². The Morgan fingerprint density at radius 1 is 1.29 bits per heavy atom. The minimum atomic E-state index is -0.403. The minimum absolute atomic E-state index is 0.0506. The number of unbranched alkanes of at least 4 members (excludes halogenated alkanes) is 1. The van der Waals surface area contributed by atoms with Crippen molar-refractivity contribution in [3.63, 3.8) is 0 Å². The van der Waals surface area contributed by atoms with E-state index in [0.717, 1.165) is 24.1 Å². The number of aromatic nitrogens is 4. The Kier molecular flexibility index (Phi) is 7.43. The molecule has 1 saturated heterocycles. The van der Waals surface area contributed by atoms with Crippen molar-refractivity contribution < 1.29 is 19.5 Å². The SMILES string of the molecule is Cc1ccc(OCCCCC(=O)NO)cc1Nc1ncc2c(n1)n(C1CCOCC1)c(=O)n2C. The van der Waals surface area contributed by atoms with E-state index in [-0.39, 0.29) is 18.2 Å². The lowest BCUT2D eigenvalue weighted by Crippen LogP contribution is -2.30. The molecule has 0 unspecified atom stereocenters. The molecule has 0 atom stereocenters. The molecule has 1 amide bonds. The molecule has 1 aromatic carbocycles. The van der Waals surface area contributed by atoms with Crippen LogP contribution in [0.15, 0.2) is 29.2 Å². The molecule has 3 N–H and O–H groups in total. The van der Waals surface area contributed by atoms with Crippen LogP contribution < -0.4 is 21.2 Å². The van der Waals surface area contributed by atoms with Gasteiger partial charge in [-0.3, -0.25) is 19.1 Å². The largest absolute Gasteiger partial charge is 0.494 e. The summed E-state index contributed by atoms with van der Waals surface area (Å²) in [7, 11) is 1.73. The first-order chi connectivity index (χ1) is 16.5. The van der Waals surface area contributed by atoms with E-state index in [0.29, 0.717) is 55.5 Å². The number of imidazole rings is 1. The molecule has 0 saturated carbocycles. The van der Waals surface area contributed by atoms with Crippen LogP contribution in [0.2, 0.25) is 0 Å². The van der Waals surface area contributed by atoms with Crippen molar-refractivity contribution in [3.05, 3.63) is 40.4 Å². The smallest absolute Gasteiger partial charge is 0.330 e. The number of fused-ring (bicyclic) bond motifs is 1. The molecule has 2 aromatic heterocycles. The average molecular weight is 471 g/mol. The zero-order chi connectivity index (χ0) is 24.1. The van der Waals surface area contributed by atoms with Crippen molar-refractivity contribution >= 4 is 28.7 Å². The Balaban J connectivity index is 1.50. The van der Waals surface area contributed by atoms with E-state index >= 15 is 0 Å². The summed E-state index contributed by atoms with van der Waals surface area (Å²) in [5.41, 5.74) is 4.60. The third-order valence-corrected chi connectivity index (χ3v) is 6.04. The zero-order valence-corrected chi connectivity index (χ0v) is 19.4. The summed E-state index contributed by atoms with van der Waals surface area (Å²) in [6, 6.07) is 5.75. The number of nitrogens with one attached hydrogen (secondary N) is 2. The lowest BCUT2D eigenvalue weighted by atomic mass is 10.1. The third-order valence-electron chi connectivity index (χ3n) is 6.04. The summed E-state index contributed by atoms with van der Waals surface area (Å²) < 4.78 is 14.6. The molecule has 3 heterocycles. The van der Waals surface area contributed by atoms with Crippen molar-refractivity contribution in [1.29, 1.82) is 0 Å². The summed E-state index contributed by atoms with van der Waals surface area (Å²) in [5, 5.41) is 11.8. The summed E-state index contributed by atoms with van der Waals surface area (Å²) >= 11 is 0. The van der Waals surface area contributed by atoms with Gasteiger partial charge in [0, 0.05) is 44.5 Å². The van der Waals surface area contributed by atoms with Crippen LogP contribution >= 0.6 is 0 Å². The number of carbonyl (C=O) groups excluding carboxylic acids is 1. The van der Waals surface area contributed by atoms with Gasteiger partial charge in [-0.1, -0.05) is 6.07 Å². The summed E-state index contributed by atoms with van der Waals surface area (Å²) in [5.74, 6) is 0.674. The zero-order valence-electron chi connectivity index (χ0n) is 19.4. The lowest BCUT2D eigenvalue weighted by molar-refractivity contribution is -0.129. The van der Waals surface area contributed by atoms with Gasteiger partial charge in [0.15, 0.2) is 5.65 Å². The van der Waals surface area contributed by atoms with Crippen molar-refractivity contribution in [2.75, 3.05) is 25.1 Å². The number of nitrogens with zero attached hydrogens (tertiary/aromatic N) is 4. The number of hydrogen-bond donors (Lipinski definition) is 3. The van der Waals surface area contributed by atoms with Gasteiger partial charge in [0.1, 0.15) is 11.3 Å². The highest BCUT2D eigenvalue weighted by atomic mass is 16.5. The van der Waals surface area contributed by atoms with E-state index < -0.39 is 5.91 Å². The van der Waals surface area contributed by atoms with Gasteiger partial charge in [0.2, 0.25) is 11.9 Å². The quantitative estimate of drug-likeness (QED) is 0.247. The van der Waals surface area contributed by atoms with Gasteiger partial charge in [0.05, 0.1) is 12.8 Å². The Bertz CT molecular complexity index is 1210. The highest BCUT2D eigenvalue weighted by Gasteiger charge is 2.23. The van der Waals surface area contributed by atoms with Crippen LogP contribution in [0.4, 0.5) is 11.6 Å². The molecular weight excluding hydrogens is 440 g/mol. The molecule has 182 valence electrons. The molecule has 1 fully saturated rings. The first-order valence-corrected chi connectivity index (χ1v) is 11.4. The number of amides is 1. The van der Waals surface area contributed by atoms with Crippen LogP contribution in [-0.2, 0) is 16.6 Å². The second-order valence-electron chi connectivity index (χ2n) is 8.40. The highest BCUT2D eigenvalue weighted by molar-refractivity contribution is 5.74. The number of carbonyl (C=O) groups is 1. The van der Waals surface area contributed by atoms with E-state index in [1.807, 2.05) is 25.1 Å². The van der Waals surface area contributed by atoms with Gasteiger partial charge >= 0.3 is 5.69 Å². The van der Waals surface area contributed by atoms with Crippen LogP contribution in [-0.4, -0.2) is 50.0 Å². The number of aryl methyl sites for hydroxylation is 2. The van der Waals surface area contributed by atoms with Crippen LogP contribution in [0.5, 0.6) is 5.75 Å². The van der Waals surface area contributed by atoms with Gasteiger partial charge in [-0.2, -0.15) is 4.98 Å². The van der Waals surface area contributed by atoms with E-state index in [1.54, 1.807) is 27.9 Å². The molecule has 0 spiro atoms. The summed E-state index contributed by atoms with van der Waals surface area (Å²) in [4.78, 5) is 33.1. The number of ether oxygens (including phenoxy) is 2. The fourth-order valence-electron chi connectivity index (χ4n) is 4.05. The maximum absolute atomic E-state index is 12.9. The Morgan fingerprint density at radius 3 is 2.85 bits per heavy atom. The minimum Gasteiger partial charge on any atom is -0.494 e. The van der Waals surface area contributed by atoms with E-state index in [1.165, 1.54) is 0 Å². The monoisotopic (exact) mass is 470 g/mol. The van der Waals surface area contributed by atoms with Crippen LogP contribution in [0.1, 0.15) is 43.7 Å². The molecule has 0 aliphatic carbocycles. The van der Waals surface area contributed by atoms with E-state index in [9.17, 15) is 9.59 Å². The van der Waals surface area contributed by atoms with Crippen molar-refractivity contribution in [1.82, 2.24) is 24.6 Å². The normalized spacial score (nSPS) is 14.3. The van der Waals surface area contributed by atoms with Gasteiger partial charge in [0.25, 0.3) is 0 Å². The fourth-order valence-corrected chi connectivity index (χ4v) is 4.05. The molecule has 1 aliphatic rings. The molecule has 0 bridgehead atoms. The predicted molar refractivity (Wildman–Crippen MR) is 126 cm³/mol. The molecule has 11 nitrogen and oxygen atoms in total. The maximum Gasteiger partial charge on any atom is 0.330 e. The number of hydrogen-bond acceptors (Lipinski definition) is 8. The second kappa shape index (κ2) is 10.7. The van der Waals surface area contributed by atoms with E-state index in [2.05, 4.69) is 15.3 Å². The first-order valence-electron chi connectivity index (χ1n) is 11.4. The van der Waals surface area contributed by atoms with E-state index in [4.69, 9.17) is 14.7 Å². The topological polar surface area (TPSA) is 133 Å². The summed E-state index contributed by atoms with van der Waals surface area (Å²) in [6.07, 6.45) is 4.76. The Labute approximate surface area is 196 Å². The Morgan fingerprint density at radius 2 is 2.09 bits per heavy atom. The fraction of sp³-hybridized carbons (Fsp3) is 0.478. The molecule has 11 heteroatoms. The molecule has 3 aromatic rings. The van der Waals surface area contributed by atoms with Crippen molar-refractivity contribution in [2.24, 2.45) is 7.05 Å². The standard InChI is InChI=1S/C23H30N6O5/c1-15-6-7-17(34-10-4-3-5-20(30)27-32)13-18(15)25-22-24-14-19-21(26-22)29(23(31)28(19)2)16-8-11-33-12-9-16/h6-7,13-14,16,32H,3-5,8-12H2,1-2H3,(H,27,30)(H,24,25,26). The van der Waals surface area contributed by atoms with Gasteiger partial charge in [-0.25, -0.2) is 15.3 Å². The molecule has 34 heavy (non-hydrogen) atoms. The van der Waals surface area contributed by atoms with Crippen LogP contribution in [0.25, 0.3) is 11.2 Å². The van der Waals surface area contributed by atoms with Crippen LogP contribution in [0, 0.1) is 6.92 Å². The van der Waals surface area contributed by atoms with Gasteiger partial charge in [-0.15, -0.1) is 0 Å². The van der Waals surface area contributed by atoms with Gasteiger partial charge < -0.3 is 14.8 Å².